The van der Waals surface area contributed by atoms with E-state index in [0.717, 1.165) is 6.42 Å². The van der Waals surface area contributed by atoms with Crippen LogP contribution in [-0.2, 0) is 0 Å². The van der Waals surface area contributed by atoms with Crippen LogP contribution in [0.4, 0.5) is 0 Å². The highest BCUT2D eigenvalue weighted by Crippen LogP contribution is 2.14. The van der Waals surface area contributed by atoms with Gasteiger partial charge in [-0.15, -0.1) is 0 Å². The summed E-state index contributed by atoms with van der Waals surface area (Å²) < 4.78 is 0. The van der Waals surface area contributed by atoms with Crippen molar-refractivity contribution < 1.29 is 0 Å². The van der Waals surface area contributed by atoms with E-state index >= 15 is 0 Å². The number of hydrogen-bond donors (Lipinski definition) is 0. The van der Waals surface area contributed by atoms with Crippen LogP contribution in [0.3, 0.4) is 0 Å². The van der Waals surface area contributed by atoms with E-state index in [1.165, 1.54) is 11.1 Å². The molecule has 14 heavy (non-hydrogen) atoms. The highest BCUT2D eigenvalue weighted by atomic mass is 14.0. The molecule has 0 saturated heterocycles. The minimum atomic E-state index is 1.05. The van der Waals surface area contributed by atoms with E-state index in [9.17, 15) is 0 Å². The molecule has 0 unspecified atom stereocenters. The molecule has 1 rings (SSSR count). The quantitative estimate of drug-likeness (QED) is 0.603. The van der Waals surface area contributed by atoms with Crippen molar-refractivity contribution >= 4 is 5.57 Å². The topological polar surface area (TPSA) is 0 Å². The lowest BCUT2D eigenvalue weighted by Crippen LogP contribution is -1.78. The summed E-state index contributed by atoms with van der Waals surface area (Å²) in [5, 5.41) is 0. The second-order valence-electron chi connectivity index (χ2n) is 2.64. The Kier molecular flexibility index (Phi) is 7.53. The molecule has 0 radical (unpaired) electrons. The zero-order chi connectivity index (χ0) is 10.8. The van der Waals surface area contributed by atoms with Gasteiger partial charge < -0.3 is 0 Å². The van der Waals surface area contributed by atoms with Gasteiger partial charge in [-0.3, -0.25) is 0 Å². The molecule has 0 aliphatic rings. The molecule has 1 aromatic carbocycles. The Labute approximate surface area is 88.0 Å². The molecule has 0 aliphatic carbocycles. The Morgan fingerprint density at radius 2 is 1.79 bits per heavy atom. The Bertz CT molecular complexity index is 267. The van der Waals surface area contributed by atoms with E-state index < -0.39 is 0 Å². The van der Waals surface area contributed by atoms with Crippen molar-refractivity contribution in [1.29, 1.82) is 0 Å². The Hall–Kier alpha value is -1.30. The predicted molar refractivity (Wildman–Crippen MR) is 66.3 cm³/mol. The molecular weight excluding hydrogens is 168 g/mol. The van der Waals surface area contributed by atoms with E-state index in [4.69, 9.17) is 0 Å². The summed E-state index contributed by atoms with van der Waals surface area (Å²) in [5.41, 5.74) is 2.47. The lowest BCUT2D eigenvalue weighted by Gasteiger charge is -2.00. The monoisotopic (exact) mass is 188 g/mol. The Morgan fingerprint density at radius 3 is 2.21 bits per heavy atom. The predicted octanol–water partition coefficient (Wildman–Crippen LogP) is 4.69. The average molecular weight is 188 g/mol. The number of benzene rings is 1. The highest BCUT2D eigenvalue weighted by molar-refractivity contribution is 5.73. The van der Waals surface area contributed by atoms with Gasteiger partial charge in [0.1, 0.15) is 0 Å². The number of allylic oxidation sites excluding steroid dienone is 3. The molecule has 0 saturated carbocycles. The van der Waals surface area contributed by atoms with Gasteiger partial charge in [0.05, 0.1) is 0 Å². The van der Waals surface area contributed by atoms with Gasteiger partial charge in [-0.1, -0.05) is 69.8 Å². The van der Waals surface area contributed by atoms with Crippen LogP contribution < -0.4 is 0 Å². The van der Waals surface area contributed by atoms with Gasteiger partial charge in [0.15, 0.2) is 0 Å². The van der Waals surface area contributed by atoms with Gasteiger partial charge in [-0.05, 0) is 17.6 Å². The van der Waals surface area contributed by atoms with Crippen molar-refractivity contribution in [2.75, 3.05) is 0 Å². The summed E-state index contributed by atoms with van der Waals surface area (Å²) in [6.07, 6.45) is 5.14. The molecule has 0 nitrogen and oxygen atoms in total. The van der Waals surface area contributed by atoms with Crippen LogP contribution in [0.2, 0.25) is 0 Å². The van der Waals surface area contributed by atoms with E-state index in [-0.39, 0.29) is 0 Å². The lowest BCUT2D eigenvalue weighted by atomic mass is 10.1. The third kappa shape index (κ3) is 4.08. The maximum Gasteiger partial charge on any atom is -0.0187 e. The normalized spacial score (nSPS) is 10.1. The molecule has 0 heterocycles. The molecule has 0 aliphatic heterocycles. The fourth-order valence-corrected chi connectivity index (χ4v) is 1.17. The summed E-state index contributed by atoms with van der Waals surface area (Å²) in [5.74, 6) is 0. The van der Waals surface area contributed by atoms with Crippen LogP contribution in [-0.4, -0.2) is 0 Å². The largest absolute Gasteiger partial charge is 0.0985 e. The molecule has 0 fully saturated rings. The van der Waals surface area contributed by atoms with Crippen LogP contribution in [0.1, 0.15) is 32.8 Å². The molecule has 0 atom stereocenters. The average Bonchev–Trinajstić information content (AvgIpc) is 2.30. The van der Waals surface area contributed by atoms with Crippen molar-refractivity contribution in [3.8, 4) is 0 Å². The minimum absolute atomic E-state index is 1.05. The molecule has 76 valence electrons. The van der Waals surface area contributed by atoms with Gasteiger partial charge in [0.25, 0.3) is 0 Å². The summed E-state index contributed by atoms with van der Waals surface area (Å²) in [7, 11) is 0. The van der Waals surface area contributed by atoms with Crippen LogP contribution in [0.25, 0.3) is 5.57 Å². The van der Waals surface area contributed by atoms with Crippen molar-refractivity contribution in [2.24, 2.45) is 0 Å². The minimum Gasteiger partial charge on any atom is -0.0985 e. The highest BCUT2D eigenvalue weighted by Gasteiger charge is 1.92. The van der Waals surface area contributed by atoms with Crippen molar-refractivity contribution in [3.63, 3.8) is 0 Å². The molecular formula is C14H20. The van der Waals surface area contributed by atoms with Crippen molar-refractivity contribution in [3.05, 3.63) is 54.6 Å². The third-order valence-corrected chi connectivity index (χ3v) is 1.75. The van der Waals surface area contributed by atoms with Crippen LogP contribution in [0, 0.1) is 0 Å². The SMILES string of the molecule is C=C/C(=C\CC)c1ccccc1.CC. The number of hydrogen-bond acceptors (Lipinski definition) is 0. The first-order chi connectivity index (χ1) is 6.88. The summed E-state index contributed by atoms with van der Waals surface area (Å²) in [6.45, 7) is 9.92. The standard InChI is InChI=1S/C12H14.C2H6/c1-3-8-11(4-2)12-9-6-5-7-10-12;1-2/h4-10H,2-3H2,1H3;1-2H3/b11-8+;. The summed E-state index contributed by atoms with van der Waals surface area (Å²) >= 11 is 0. The molecule has 1 aromatic rings. The summed E-state index contributed by atoms with van der Waals surface area (Å²) in [6, 6.07) is 10.3. The van der Waals surface area contributed by atoms with Crippen LogP contribution >= 0.6 is 0 Å². The Morgan fingerprint density at radius 1 is 1.21 bits per heavy atom. The second-order valence-corrected chi connectivity index (χ2v) is 2.64. The van der Waals surface area contributed by atoms with Gasteiger partial charge >= 0.3 is 0 Å². The first-order valence-electron chi connectivity index (χ1n) is 5.26. The van der Waals surface area contributed by atoms with Crippen LogP contribution in [0.5, 0.6) is 0 Å². The lowest BCUT2D eigenvalue weighted by molar-refractivity contribution is 1.23. The van der Waals surface area contributed by atoms with Crippen molar-refractivity contribution in [1.82, 2.24) is 0 Å². The second kappa shape index (κ2) is 8.31. The van der Waals surface area contributed by atoms with Crippen molar-refractivity contribution in [2.45, 2.75) is 27.2 Å². The fraction of sp³-hybridized carbons (Fsp3) is 0.286. The van der Waals surface area contributed by atoms with Gasteiger partial charge in [0, 0.05) is 0 Å². The molecule has 0 aromatic heterocycles. The zero-order valence-electron chi connectivity index (χ0n) is 9.46. The maximum absolute atomic E-state index is 3.79. The van der Waals surface area contributed by atoms with E-state index in [2.05, 4.69) is 31.7 Å². The van der Waals surface area contributed by atoms with E-state index in [1.54, 1.807) is 0 Å². The van der Waals surface area contributed by atoms with E-state index in [0.29, 0.717) is 0 Å². The fourth-order valence-electron chi connectivity index (χ4n) is 1.17. The molecule has 0 bridgehead atoms. The summed E-state index contributed by atoms with van der Waals surface area (Å²) in [4.78, 5) is 0. The molecule has 0 heteroatoms. The molecule has 0 spiro atoms. The molecule has 0 amide bonds. The molecule has 0 N–H and O–H groups in total. The maximum atomic E-state index is 3.79. The van der Waals surface area contributed by atoms with Gasteiger partial charge in [-0.25, -0.2) is 0 Å². The Balaban J connectivity index is 0.000000791. The third-order valence-electron chi connectivity index (χ3n) is 1.75. The smallest absolute Gasteiger partial charge is 0.0187 e. The first kappa shape index (κ1) is 12.7. The number of rotatable bonds is 3. The zero-order valence-corrected chi connectivity index (χ0v) is 9.46. The van der Waals surface area contributed by atoms with E-state index in [1.807, 2.05) is 38.1 Å². The first-order valence-corrected chi connectivity index (χ1v) is 5.26. The van der Waals surface area contributed by atoms with Gasteiger partial charge in [-0.2, -0.15) is 0 Å². The van der Waals surface area contributed by atoms with Crippen LogP contribution in [0.15, 0.2) is 49.1 Å². The van der Waals surface area contributed by atoms with Gasteiger partial charge in [0.2, 0.25) is 0 Å².